The molecular formula is C16H15FN2O4S. The number of aromatic nitrogens is 1. The summed E-state index contributed by atoms with van der Waals surface area (Å²) in [6, 6.07) is 9.68. The molecule has 0 radical (unpaired) electrons. The molecule has 0 aliphatic rings. The van der Waals surface area contributed by atoms with E-state index in [1.807, 2.05) is 0 Å². The van der Waals surface area contributed by atoms with Gasteiger partial charge in [-0.3, -0.25) is 4.98 Å². The molecule has 0 spiro atoms. The fraction of sp³-hybridized carbons (Fsp3) is 0.188. The molecule has 8 heteroatoms. The van der Waals surface area contributed by atoms with Gasteiger partial charge in [0.05, 0.1) is 16.0 Å². The van der Waals surface area contributed by atoms with Crippen molar-refractivity contribution in [3.63, 3.8) is 0 Å². The van der Waals surface area contributed by atoms with Gasteiger partial charge in [0.25, 0.3) is 0 Å². The second-order valence-corrected chi connectivity index (χ2v) is 7.59. The summed E-state index contributed by atoms with van der Waals surface area (Å²) in [5.74, 6) is -1.05. The SMILES string of the molecule is CC(C)(NS(=O)(=O)c1ccc2[nH]c(=O)oc2c1)c1ccc(F)cc1. The largest absolute Gasteiger partial charge is 0.417 e. The summed E-state index contributed by atoms with van der Waals surface area (Å²) in [6.45, 7) is 3.35. The molecule has 24 heavy (non-hydrogen) atoms. The molecule has 3 aromatic rings. The third-order valence-corrected chi connectivity index (χ3v) is 5.31. The minimum absolute atomic E-state index is 0.0343. The molecule has 1 heterocycles. The molecule has 0 saturated carbocycles. The highest BCUT2D eigenvalue weighted by Crippen LogP contribution is 2.24. The van der Waals surface area contributed by atoms with Crippen LogP contribution in [0.4, 0.5) is 4.39 Å². The van der Waals surface area contributed by atoms with Crippen LogP contribution >= 0.6 is 0 Å². The van der Waals surface area contributed by atoms with Crippen LogP contribution in [0.1, 0.15) is 19.4 Å². The first-order valence-electron chi connectivity index (χ1n) is 7.10. The highest BCUT2D eigenvalue weighted by Gasteiger charge is 2.28. The van der Waals surface area contributed by atoms with E-state index in [-0.39, 0.29) is 10.5 Å². The van der Waals surface area contributed by atoms with Crippen molar-refractivity contribution in [1.82, 2.24) is 9.71 Å². The number of oxazole rings is 1. The molecule has 2 N–H and O–H groups in total. The van der Waals surface area contributed by atoms with Crippen LogP contribution < -0.4 is 10.5 Å². The van der Waals surface area contributed by atoms with Gasteiger partial charge < -0.3 is 4.42 Å². The Morgan fingerprint density at radius 2 is 1.79 bits per heavy atom. The van der Waals surface area contributed by atoms with Crippen molar-refractivity contribution in [2.24, 2.45) is 0 Å². The molecule has 126 valence electrons. The van der Waals surface area contributed by atoms with E-state index >= 15 is 0 Å². The molecule has 0 aliphatic heterocycles. The Bertz CT molecular complexity index is 1050. The smallest absolute Gasteiger partial charge is 0.408 e. The second kappa shape index (κ2) is 5.57. The third-order valence-electron chi connectivity index (χ3n) is 3.66. The molecule has 3 rings (SSSR count). The standard InChI is InChI=1S/C16H15FN2O4S/c1-16(2,10-3-5-11(17)6-4-10)19-24(21,22)12-7-8-13-14(9-12)23-15(20)18-13/h3-9,19H,1-2H3,(H,18,20). The summed E-state index contributed by atoms with van der Waals surface area (Å²) >= 11 is 0. The molecule has 0 bridgehead atoms. The summed E-state index contributed by atoms with van der Waals surface area (Å²) in [6.07, 6.45) is 0. The molecule has 6 nitrogen and oxygen atoms in total. The Balaban J connectivity index is 1.96. The van der Waals surface area contributed by atoms with Crippen LogP contribution in [0.25, 0.3) is 11.1 Å². The number of nitrogens with one attached hydrogen (secondary N) is 2. The van der Waals surface area contributed by atoms with Crippen LogP contribution in [0.15, 0.2) is 56.6 Å². The summed E-state index contributed by atoms with van der Waals surface area (Å²) in [5, 5.41) is 0. The highest BCUT2D eigenvalue weighted by atomic mass is 32.2. The minimum Gasteiger partial charge on any atom is -0.408 e. The number of fused-ring (bicyclic) bond motifs is 1. The first-order valence-corrected chi connectivity index (χ1v) is 8.59. The number of hydrogen-bond acceptors (Lipinski definition) is 4. The molecule has 0 amide bonds. The van der Waals surface area contributed by atoms with E-state index in [0.717, 1.165) is 0 Å². The number of halogens is 1. The normalized spacial score (nSPS) is 12.6. The predicted octanol–water partition coefficient (Wildman–Crippen LogP) is 2.47. The maximum atomic E-state index is 13.1. The zero-order chi connectivity index (χ0) is 17.5. The predicted molar refractivity (Wildman–Crippen MR) is 86.6 cm³/mol. The van der Waals surface area contributed by atoms with E-state index in [4.69, 9.17) is 4.42 Å². The Labute approximate surface area is 137 Å². The third kappa shape index (κ3) is 3.10. The van der Waals surface area contributed by atoms with E-state index in [1.165, 1.54) is 42.5 Å². The molecular weight excluding hydrogens is 335 g/mol. The van der Waals surface area contributed by atoms with Gasteiger partial charge in [0.15, 0.2) is 5.58 Å². The van der Waals surface area contributed by atoms with Crippen molar-refractivity contribution < 1.29 is 17.2 Å². The van der Waals surface area contributed by atoms with Crippen LogP contribution in [-0.4, -0.2) is 13.4 Å². The van der Waals surface area contributed by atoms with E-state index in [9.17, 15) is 17.6 Å². The zero-order valence-electron chi connectivity index (χ0n) is 13.0. The van der Waals surface area contributed by atoms with Gasteiger partial charge in [0, 0.05) is 6.07 Å². The average molecular weight is 350 g/mol. The maximum absolute atomic E-state index is 13.1. The Morgan fingerprint density at radius 1 is 1.12 bits per heavy atom. The van der Waals surface area contributed by atoms with Gasteiger partial charge in [0.1, 0.15) is 5.82 Å². The highest BCUT2D eigenvalue weighted by molar-refractivity contribution is 7.89. The number of H-pyrrole nitrogens is 1. The summed E-state index contributed by atoms with van der Waals surface area (Å²) in [4.78, 5) is 13.6. The van der Waals surface area contributed by atoms with Crippen molar-refractivity contribution in [3.8, 4) is 0 Å². The molecule has 1 aromatic heterocycles. The number of benzene rings is 2. The van der Waals surface area contributed by atoms with Gasteiger partial charge in [0.2, 0.25) is 10.0 Å². The van der Waals surface area contributed by atoms with Gasteiger partial charge in [-0.1, -0.05) is 12.1 Å². The molecule has 0 atom stereocenters. The Kier molecular flexibility index (Phi) is 3.81. The Morgan fingerprint density at radius 3 is 2.46 bits per heavy atom. The number of rotatable bonds is 4. The topological polar surface area (TPSA) is 92.2 Å². The van der Waals surface area contributed by atoms with Gasteiger partial charge in [-0.25, -0.2) is 22.3 Å². The number of sulfonamides is 1. The van der Waals surface area contributed by atoms with E-state index in [1.54, 1.807) is 13.8 Å². The van der Waals surface area contributed by atoms with Gasteiger partial charge in [-0.2, -0.15) is 0 Å². The van der Waals surface area contributed by atoms with Crippen LogP contribution in [0.3, 0.4) is 0 Å². The monoisotopic (exact) mass is 350 g/mol. The minimum atomic E-state index is -3.88. The average Bonchev–Trinajstić information content (AvgIpc) is 2.85. The summed E-state index contributed by atoms with van der Waals surface area (Å²) in [7, 11) is -3.88. The van der Waals surface area contributed by atoms with Crippen molar-refractivity contribution in [1.29, 1.82) is 0 Å². The van der Waals surface area contributed by atoms with E-state index in [2.05, 4.69) is 9.71 Å². The fourth-order valence-corrected chi connectivity index (χ4v) is 3.83. The van der Waals surface area contributed by atoms with Gasteiger partial charge in [-0.15, -0.1) is 0 Å². The molecule has 0 aliphatic carbocycles. The number of hydrogen-bond donors (Lipinski definition) is 2. The second-order valence-electron chi connectivity index (χ2n) is 5.91. The van der Waals surface area contributed by atoms with Crippen molar-refractivity contribution in [2.75, 3.05) is 0 Å². The number of aromatic amines is 1. The molecule has 2 aromatic carbocycles. The first kappa shape index (κ1) is 16.4. The molecule has 0 unspecified atom stereocenters. The van der Waals surface area contributed by atoms with Crippen LogP contribution in [0.5, 0.6) is 0 Å². The molecule has 0 saturated heterocycles. The lowest BCUT2D eigenvalue weighted by molar-refractivity contribution is 0.471. The summed E-state index contributed by atoms with van der Waals surface area (Å²) in [5.41, 5.74) is 0.224. The van der Waals surface area contributed by atoms with Crippen LogP contribution in [0, 0.1) is 5.82 Å². The van der Waals surface area contributed by atoms with E-state index < -0.39 is 27.1 Å². The van der Waals surface area contributed by atoms with Crippen molar-refractivity contribution >= 4 is 21.1 Å². The Hall–Kier alpha value is -2.45. The van der Waals surface area contributed by atoms with Crippen molar-refractivity contribution in [3.05, 3.63) is 64.4 Å². The van der Waals surface area contributed by atoms with Crippen LogP contribution in [-0.2, 0) is 15.6 Å². The lowest BCUT2D eigenvalue weighted by Crippen LogP contribution is -2.40. The van der Waals surface area contributed by atoms with E-state index in [0.29, 0.717) is 11.1 Å². The van der Waals surface area contributed by atoms with Crippen molar-refractivity contribution in [2.45, 2.75) is 24.3 Å². The first-order chi connectivity index (χ1) is 11.2. The molecule has 0 fully saturated rings. The zero-order valence-corrected chi connectivity index (χ0v) is 13.8. The summed E-state index contributed by atoms with van der Waals surface area (Å²) < 4.78 is 45.8. The lowest BCUT2D eigenvalue weighted by atomic mass is 9.96. The fourth-order valence-electron chi connectivity index (χ4n) is 2.41. The van der Waals surface area contributed by atoms with Gasteiger partial charge in [-0.05, 0) is 43.7 Å². The van der Waals surface area contributed by atoms with Gasteiger partial charge >= 0.3 is 5.76 Å². The maximum Gasteiger partial charge on any atom is 0.417 e. The quantitative estimate of drug-likeness (QED) is 0.756. The lowest BCUT2D eigenvalue weighted by Gasteiger charge is -2.26. The van der Waals surface area contributed by atoms with Crippen LogP contribution in [0.2, 0.25) is 0 Å².